The zero-order valence-corrected chi connectivity index (χ0v) is 13.7. The fourth-order valence-electron chi connectivity index (χ4n) is 2.76. The van der Waals surface area contributed by atoms with Crippen molar-refractivity contribution in [1.82, 2.24) is 10.2 Å². The van der Waals surface area contributed by atoms with Crippen LogP contribution in [0.3, 0.4) is 0 Å². The van der Waals surface area contributed by atoms with E-state index < -0.39 is 0 Å². The third-order valence-corrected chi connectivity index (χ3v) is 4.85. The van der Waals surface area contributed by atoms with Gasteiger partial charge in [-0.3, -0.25) is 4.79 Å². The van der Waals surface area contributed by atoms with Gasteiger partial charge in [0, 0.05) is 12.2 Å². The van der Waals surface area contributed by atoms with Crippen molar-refractivity contribution in [3.8, 4) is 11.5 Å². The van der Waals surface area contributed by atoms with Crippen molar-refractivity contribution < 1.29 is 9.21 Å². The van der Waals surface area contributed by atoms with Gasteiger partial charge >= 0.3 is 0 Å². The van der Waals surface area contributed by atoms with Crippen LogP contribution in [-0.4, -0.2) is 28.4 Å². The van der Waals surface area contributed by atoms with Crippen molar-refractivity contribution in [2.24, 2.45) is 0 Å². The fourth-order valence-corrected chi connectivity index (χ4v) is 3.45. The maximum Gasteiger partial charge on any atom is 0.237 e. The second-order valence-corrected chi connectivity index (χ2v) is 6.44. The minimum absolute atomic E-state index is 0.0989. The number of hydrogen-bond acceptors (Lipinski definition) is 5. The van der Waals surface area contributed by atoms with E-state index in [1.165, 1.54) is 17.3 Å². The summed E-state index contributed by atoms with van der Waals surface area (Å²) in [6.45, 7) is 0.752. The molecule has 0 N–H and O–H groups in total. The highest BCUT2D eigenvalue weighted by Gasteiger charge is 2.24. The molecule has 1 aromatic carbocycles. The zero-order valence-electron chi connectivity index (χ0n) is 12.9. The van der Waals surface area contributed by atoms with Crippen molar-refractivity contribution in [3.63, 3.8) is 0 Å². The van der Waals surface area contributed by atoms with Gasteiger partial charge < -0.3 is 9.32 Å². The molecule has 3 aromatic rings. The predicted molar refractivity (Wildman–Crippen MR) is 93.0 cm³/mol. The summed E-state index contributed by atoms with van der Waals surface area (Å²) in [6.07, 6.45) is 2.52. The molecule has 120 valence electrons. The molecule has 24 heavy (non-hydrogen) atoms. The van der Waals surface area contributed by atoms with Gasteiger partial charge in [0.1, 0.15) is 10.7 Å². The quantitative estimate of drug-likeness (QED) is 0.683. The summed E-state index contributed by atoms with van der Waals surface area (Å²) < 4.78 is 5.29. The molecule has 0 aliphatic carbocycles. The lowest BCUT2D eigenvalue weighted by atomic mass is 10.2. The first kappa shape index (κ1) is 15.0. The number of carbonyl (C=O) groups is 1. The molecule has 0 radical (unpaired) electrons. The van der Waals surface area contributed by atoms with Crippen LogP contribution < -0.4 is 4.90 Å². The first-order valence-electron chi connectivity index (χ1n) is 7.70. The molecule has 3 heterocycles. The second-order valence-electron chi connectivity index (χ2n) is 5.45. The number of fused-ring (bicyclic) bond motifs is 1. The van der Waals surface area contributed by atoms with E-state index in [0.29, 0.717) is 17.2 Å². The molecular weight excluding hydrogens is 322 g/mol. The maximum atomic E-state index is 12.5. The Morgan fingerprint density at radius 2 is 2.04 bits per heavy atom. The average molecular weight is 337 g/mol. The van der Waals surface area contributed by atoms with E-state index in [2.05, 4.69) is 16.3 Å². The molecule has 2 aromatic heterocycles. The Kier molecular flexibility index (Phi) is 4.04. The van der Waals surface area contributed by atoms with Crippen molar-refractivity contribution in [1.29, 1.82) is 0 Å². The number of benzene rings is 1. The highest BCUT2D eigenvalue weighted by atomic mass is 32.2. The van der Waals surface area contributed by atoms with E-state index >= 15 is 0 Å². The Morgan fingerprint density at radius 3 is 2.83 bits per heavy atom. The molecule has 0 unspecified atom stereocenters. The molecule has 6 heteroatoms. The van der Waals surface area contributed by atoms with Gasteiger partial charge in [-0.05, 0) is 42.3 Å². The van der Waals surface area contributed by atoms with Crippen molar-refractivity contribution in [2.45, 2.75) is 11.4 Å². The number of nitrogens with zero attached hydrogens (tertiary/aromatic N) is 3. The van der Waals surface area contributed by atoms with E-state index in [-0.39, 0.29) is 5.91 Å². The van der Waals surface area contributed by atoms with Crippen LogP contribution in [0.25, 0.3) is 11.5 Å². The molecule has 1 amide bonds. The summed E-state index contributed by atoms with van der Waals surface area (Å²) in [5, 5.41) is 9.03. The van der Waals surface area contributed by atoms with Gasteiger partial charge in [0.15, 0.2) is 5.76 Å². The molecule has 0 saturated heterocycles. The third-order valence-electron chi connectivity index (χ3n) is 3.95. The number of carbonyl (C=O) groups excluding carboxylic acids is 1. The van der Waals surface area contributed by atoms with Gasteiger partial charge in [0.2, 0.25) is 5.91 Å². The van der Waals surface area contributed by atoms with E-state index in [1.54, 1.807) is 6.26 Å². The summed E-state index contributed by atoms with van der Waals surface area (Å²) in [7, 11) is 0. The Hall–Kier alpha value is -2.60. The fraction of sp³-hybridized carbons (Fsp3) is 0.167. The average Bonchev–Trinajstić information content (AvgIpc) is 3.30. The lowest BCUT2D eigenvalue weighted by molar-refractivity contribution is -0.116. The number of hydrogen-bond donors (Lipinski definition) is 0. The molecule has 0 saturated carbocycles. The van der Waals surface area contributed by atoms with Crippen LogP contribution in [0.1, 0.15) is 5.56 Å². The molecule has 5 nitrogen and oxygen atoms in total. The Morgan fingerprint density at radius 1 is 1.12 bits per heavy atom. The summed E-state index contributed by atoms with van der Waals surface area (Å²) >= 11 is 1.40. The summed E-state index contributed by atoms with van der Waals surface area (Å²) in [5.41, 5.74) is 2.95. The Labute approximate surface area is 143 Å². The standard InChI is InChI=1S/C18H15N3O2S/c22-18(21-10-9-13-4-1-2-5-15(13)21)12-24-17-8-7-14(19-20-17)16-6-3-11-23-16/h1-8,11H,9-10,12H2. The number of anilines is 1. The maximum absolute atomic E-state index is 12.5. The van der Waals surface area contributed by atoms with Gasteiger partial charge in [-0.25, -0.2) is 0 Å². The van der Waals surface area contributed by atoms with Gasteiger partial charge in [0.05, 0.1) is 12.0 Å². The highest BCUT2D eigenvalue weighted by Crippen LogP contribution is 2.28. The number of aromatic nitrogens is 2. The number of thioether (sulfide) groups is 1. The SMILES string of the molecule is O=C(CSc1ccc(-c2ccco2)nn1)N1CCc2ccccc21. The summed E-state index contributed by atoms with van der Waals surface area (Å²) in [6, 6.07) is 15.4. The number of amides is 1. The van der Waals surface area contributed by atoms with Gasteiger partial charge in [0.25, 0.3) is 0 Å². The Bertz CT molecular complexity index is 847. The van der Waals surface area contributed by atoms with Crippen LogP contribution in [0.2, 0.25) is 0 Å². The number of furan rings is 1. The zero-order chi connectivity index (χ0) is 16.4. The number of para-hydroxylation sites is 1. The van der Waals surface area contributed by atoms with Gasteiger partial charge in [-0.15, -0.1) is 10.2 Å². The van der Waals surface area contributed by atoms with Gasteiger partial charge in [-0.2, -0.15) is 0 Å². The number of rotatable bonds is 4. The van der Waals surface area contributed by atoms with Gasteiger partial charge in [-0.1, -0.05) is 30.0 Å². The van der Waals surface area contributed by atoms with Crippen molar-refractivity contribution in [3.05, 3.63) is 60.4 Å². The molecule has 4 rings (SSSR count). The second kappa shape index (κ2) is 6.49. The molecule has 0 bridgehead atoms. The monoisotopic (exact) mass is 337 g/mol. The van der Waals surface area contributed by atoms with Crippen LogP contribution in [0.5, 0.6) is 0 Å². The molecule has 1 aliphatic heterocycles. The summed E-state index contributed by atoms with van der Waals surface area (Å²) in [4.78, 5) is 14.3. The molecular formula is C18H15N3O2S. The molecule has 0 fully saturated rings. The van der Waals surface area contributed by atoms with E-state index in [0.717, 1.165) is 23.7 Å². The minimum Gasteiger partial charge on any atom is -0.463 e. The predicted octanol–water partition coefficient (Wildman–Crippen LogP) is 3.42. The van der Waals surface area contributed by atoms with Crippen LogP contribution in [0.15, 0.2) is 64.2 Å². The smallest absolute Gasteiger partial charge is 0.237 e. The third kappa shape index (κ3) is 2.92. The van der Waals surface area contributed by atoms with Crippen molar-refractivity contribution >= 4 is 23.4 Å². The van der Waals surface area contributed by atoms with Crippen LogP contribution in [0.4, 0.5) is 5.69 Å². The first-order chi connectivity index (χ1) is 11.8. The van der Waals surface area contributed by atoms with Crippen molar-refractivity contribution in [2.75, 3.05) is 17.2 Å². The largest absolute Gasteiger partial charge is 0.463 e. The molecule has 0 atom stereocenters. The first-order valence-corrected chi connectivity index (χ1v) is 8.68. The minimum atomic E-state index is 0.0989. The lowest BCUT2D eigenvalue weighted by Gasteiger charge is -2.16. The van der Waals surface area contributed by atoms with Crippen LogP contribution in [0, 0.1) is 0 Å². The lowest BCUT2D eigenvalue weighted by Crippen LogP contribution is -2.30. The van der Waals surface area contributed by atoms with E-state index in [1.807, 2.05) is 47.4 Å². The summed E-state index contributed by atoms with van der Waals surface area (Å²) in [5.74, 6) is 1.13. The van der Waals surface area contributed by atoms with E-state index in [9.17, 15) is 4.79 Å². The normalized spacial score (nSPS) is 13.1. The van der Waals surface area contributed by atoms with Crippen LogP contribution >= 0.6 is 11.8 Å². The topological polar surface area (TPSA) is 59.2 Å². The Balaban J connectivity index is 1.39. The van der Waals surface area contributed by atoms with Crippen LogP contribution in [-0.2, 0) is 11.2 Å². The highest BCUT2D eigenvalue weighted by molar-refractivity contribution is 7.99. The molecule has 1 aliphatic rings. The molecule has 0 spiro atoms. The van der Waals surface area contributed by atoms with E-state index in [4.69, 9.17) is 4.42 Å².